The Hall–Kier alpha value is -2.11. The van der Waals surface area contributed by atoms with Gasteiger partial charge in [-0.2, -0.15) is 0 Å². The number of carbonyl (C=O) groups is 3. The maximum atomic E-state index is 12.9. The molecule has 0 aromatic rings. The average molecular weight is 1080 g/mol. The Kier molecular flexibility index (Phi) is 64.6. The van der Waals surface area contributed by atoms with Gasteiger partial charge in [0, 0.05) is 19.3 Å². The molecule has 0 N–H and O–H groups in total. The van der Waals surface area contributed by atoms with Gasteiger partial charge in [0.15, 0.2) is 6.10 Å². The number of rotatable bonds is 65. The van der Waals surface area contributed by atoms with Crippen molar-refractivity contribution in [3.05, 3.63) is 24.3 Å². The maximum absolute atomic E-state index is 12.9. The zero-order valence-electron chi connectivity index (χ0n) is 52.3. The Morgan fingerprint density at radius 1 is 0.260 bits per heavy atom. The highest BCUT2D eigenvalue weighted by Crippen LogP contribution is 2.19. The highest BCUT2D eigenvalue weighted by atomic mass is 16.6. The van der Waals surface area contributed by atoms with Crippen molar-refractivity contribution in [2.45, 2.75) is 399 Å². The van der Waals surface area contributed by atoms with Crippen molar-refractivity contribution in [3.63, 3.8) is 0 Å². The molecule has 1 atom stereocenters. The van der Waals surface area contributed by atoms with Crippen molar-refractivity contribution in [1.82, 2.24) is 0 Å². The van der Waals surface area contributed by atoms with Gasteiger partial charge in [-0.3, -0.25) is 14.4 Å². The van der Waals surface area contributed by atoms with E-state index >= 15 is 0 Å². The Morgan fingerprint density at radius 3 is 0.740 bits per heavy atom. The zero-order chi connectivity index (χ0) is 55.7. The van der Waals surface area contributed by atoms with Crippen molar-refractivity contribution in [2.24, 2.45) is 0 Å². The molecule has 0 fully saturated rings. The van der Waals surface area contributed by atoms with E-state index < -0.39 is 6.10 Å². The summed E-state index contributed by atoms with van der Waals surface area (Å²) >= 11 is 0. The van der Waals surface area contributed by atoms with Crippen LogP contribution in [0.25, 0.3) is 0 Å². The normalized spacial score (nSPS) is 12.1. The molecular weight excluding hydrogens is 949 g/mol. The van der Waals surface area contributed by atoms with Gasteiger partial charge in [0.2, 0.25) is 0 Å². The summed E-state index contributed by atoms with van der Waals surface area (Å²) in [5, 5.41) is 0. The second-order valence-electron chi connectivity index (χ2n) is 23.8. The summed E-state index contributed by atoms with van der Waals surface area (Å²) in [4.78, 5) is 38.4. The predicted molar refractivity (Wildman–Crippen MR) is 335 cm³/mol. The average Bonchev–Trinajstić information content (AvgIpc) is 3.43. The van der Waals surface area contributed by atoms with Crippen LogP contribution in [-0.2, 0) is 28.6 Å². The Morgan fingerprint density at radius 2 is 0.468 bits per heavy atom. The summed E-state index contributed by atoms with van der Waals surface area (Å²) in [6, 6.07) is 0. The fourth-order valence-corrected chi connectivity index (χ4v) is 10.7. The van der Waals surface area contributed by atoms with Crippen molar-refractivity contribution in [1.29, 1.82) is 0 Å². The number of hydrogen-bond acceptors (Lipinski definition) is 6. The lowest BCUT2D eigenvalue weighted by Crippen LogP contribution is -2.30. The summed E-state index contributed by atoms with van der Waals surface area (Å²) in [5.74, 6) is -0.852. The molecule has 0 spiro atoms. The number of hydrogen-bond donors (Lipinski definition) is 0. The quantitative estimate of drug-likeness (QED) is 0.0261. The Bertz CT molecular complexity index is 1240. The number of allylic oxidation sites excluding steroid dienone is 4. The second kappa shape index (κ2) is 66.4. The summed E-state index contributed by atoms with van der Waals surface area (Å²) in [7, 11) is 0. The van der Waals surface area contributed by atoms with E-state index in [9.17, 15) is 14.4 Å². The molecule has 0 aromatic carbocycles. The van der Waals surface area contributed by atoms with Crippen LogP contribution in [0, 0.1) is 0 Å². The first-order valence-corrected chi connectivity index (χ1v) is 34.8. The van der Waals surface area contributed by atoms with Gasteiger partial charge in [0.05, 0.1) is 0 Å². The minimum absolute atomic E-state index is 0.0693. The van der Waals surface area contributed by atoms with Crippen LogP contribution in [0.1, 0.15) is 393 Å². The van der Waals surface area contributed by atoms with E-state index in [1.807, 2.05) is 0 Å². The molecule has 0 bridgehead atoms. The van der Waals surface area contributed by atoms with Crippen molar-refractivity contribution < 1.29 is 28.6 Å². The molecule has 0 aliphatic heterocycles. The summed E-state index contributed by atoms with van der Waals surface area (Å²) in [6.45, 7) is 6.69. The highest BCUT2D eigenvalue weighted by Gasteiger charge is 2.19. The Labute approximate surface area is 481 Å². The van der Waals surface area contributed by atoms with Crippen LogP contribution in [0.4, 0.5) is 0 Å². The lowest BCUT2D eigenvalue weighted by Gasteiger charge is -2.18. The fraction of sp³-hybridized carbons (Fsp3) is 0.901. The van der Waals surface area contributed by atoms with E-state index in [2.05, 4.69) is 45.1 Å². The zero-order valence-corrected chi connectivity index (χ0v) is 52.3. The van der Waals surface area contributed by atoms with E-state index in [1.165, 1.54) is 276 Å². The second-order valence-corrected chi connectivity index (χ2v) is 23.8. The molecule has 0 heterocycles. The Balaban J connectivity index is 4.23. The van der Waals surface area contributed by atoms with Gasteiger partial charge in [0.25, 0.3) is 0 Å². The monoisotopic (exact) mass is 1080 g/mol. The third-order valence-electron chi connectivity index (χ3n) is 16.0. The van der Waals surface area contributed by atoms with E-state index in [4.69, 9.17) is 14.2 Å². The van der Waals surface area contributed by atoms with E-state index in [0.29, 0.717) is 19.3 Å². The van der Waals surface area contributed by atoms with Gasteiger partial charge >= 0.3 is 17.9 Å². The molecule has 0 aliphatic carbocycles. The first-order chi connectivity index (χ1) is 38.0. The molecule has 454 valence electrons. The van der Waals surface area contributed by atoms with Crippen LogP contribution >= 0.6 is 0 Å². The van der Waals surface area contributed by atoms with Gasteiger partial charge in [-0.1, -0.05) is 347 Å². The first-order valence-electron chi connectivity index (χ1n) is 34.8. The molecule has 0 aromatic heterocycles. The smallest absolute Gasteiger partial charge is 0.306 e. The minimum Gasteiger partial charge on any atom is -0.462 e. The molecule has 0 rings (SSSR count). The standard InChI is InChI=1S/C71H134O6/c1-4-7-10-13-16-19-22-25-28-30-32-33-34-35-36-37-38-39-41-43-46-49-52-55-58-61-64-70(73)76-67-68(66-75-69(72)63-60-57-54-51-48-45-42-27-24-21-18-15-12-9-6-3)77-71(74)65-62-59-56-53-50-47-44-40-31-29-26-23-20-17-14-11-8-5-2/h18,21,27,42,68H,4-17,19-20,22-26,28-41,43-67H2,1-3H3/b21-18-,42-27-. The lowest BCUT2D eigenvalue weighted by molar-refractivity contribution is -0.167. The van der Waals surface area contributed by atoms with Crippen molar-refractivity contribution in [2.75, 3.05) is 13.2 Å². The van der Waals surface area contributed by atoms with E-state index in [0.717, 1.165) is 77.0 Å². The van der Waals surface area contributed by atoms with Crippen LogP contribution in [0.2, 0.25) is 0 Å². The highest BCUT2D eigenvalue weighted by molar-refractivity contribution is 5.71. The first kappa shape index (κ1) is 74.9. The number of carbonyl (C=O) groups excluding carboxylic acids is 3. The van der Waals surface area contributed by atoms with Crippen LogP contribution in [0.15, 0.2) is 24.3 Å². The number of esters is 3. The molecule has 0 saturated heterocycles. The molecule has 77 heavy (non-hydrogen) atoms. The molecular formula is C71H134O6. The summed E-state index contributed by atoms with van der Waals surface area (Å²) in [6.07, 6.45) is 80.6. The molecule has 0 saturated carbocycles. The van der Waals surface area contributed by atoms with Gasteiger partial charge in [-0.15, -0.1) is 0 Å². The third-order valence-corrected chi connectivity index (χ3v) is 16.0. The van der Waals surface area contributed by atoms with Crippen LogP contribution in [0.5, 0.6) is 0 Å². The molecule has 0 amide bonds. The largest absolute Gasteiger partial charge is 0.462 e. The van der Waals surface area contributed by atoms with E-state index in [-0.39, 0.29) is 31.1 Å². The molecule has 1 unspecified atom stereocenters. The topological polar surface area (TPSA) is 78.9 Å². The van der Waals surface area contributed by atoms with Crippen molar-refractivity contribution in [3.8, 4) is 0 Å². The SMILES string of the molecule is CCCCC/C=C\C/C=C\CCCCCCCC(=O)OCC(COC(=O)CCCCCCCCCCCCCCCCCCCCCCCCCCCC)OC(=O)CCCCCCCCCCCCCCCCCCCC. The fourth-order valence-electron chi connectivity index (χ4n) is 10.7. The number of unbranched alkanes of at least 4 members (excludes halogenated alkanes) is 50. The van der Waals surface area contributed by atoms with Gasteiger partial charge in [-0.25, -0.2) is 0 Å². The number of ether oxygens (including phenoxy) is 3. The summed E-state index contributed by atoms with van der Waals surface area (Å²) < 4.78 is 17.0. The van der Waals surface area contributed by atoms with Crippen molar-refractivity contribution >= 4 is 17.9 Å². The van der Waals surface area contributed by atoms with Crippen LogP contribution in [-0.4, -0.2) is 37.2 Å². The molecule has 6 nitrogen and oxygen atoms in total. The van der Waals surface area contributed by atoms with E-state index in [1.54, 1.807) is 0 Å². The summed E-state index contributed by atoms with van der Waals surface area (Å²) in [5.41, 5.74) is 0. The van der Waals surface area contributed by atoms with Gasteiger partial charge < -0.3 is 14.2 Å². The lowest BCUT2D eigenvalue weighted by atomic mass is 10.0. The van der Waals surface area contributed by atoms with Gasteiger partial charge in [0.1, 0.15) is 13.2 Å². The predicted octanol–water partition coefficient (Wildman–Crippen LogP) is 23.8. The minimum atomic E-state index is -0.774. The van der Waals surface area contributed by atoms with Crippen LogP contribution < -0.4 is 0 Å². The molecule has 6 heteroatoms. The maximum Gasteiger partial charge on any atom is 0.306 e. The third kappa shape index (κ3) is 64.6. The molecule has 0 radical (unpaired) electrons. The molecule has 0 aliphatic rings. The van der Waals surface area contributed by atoms with Gasteiger partial charge in [-0.05, 0) is 51.4 Å². The van der Waals surface area contributed by atoms with Crippen LogP contribution in [0.3, 0.4) is 0 Å².